The summed E-state index contributed by atoms with van der Waals surface area (Å²) < 4.78 is 0. The van der Waals surface area contributed by atoms with E-state index in [1.165, 1.54) is 0 Å². The Balaban J connectivity index is 2.23. The van der Waals surface area contributed by atoms with Crippen LogP contribution in [0.2, 0.25) is 0 Å². The molecule has 0 saturated carbocycles. The third-order valence-electron chi connectivity index (χ3n) is 3.36. The zero-order chi connectivity index (χ0) is 15.2. The summed E-state index contributed by atoms with van der Waals surface area (Å²) in [7, 11) is 0. The molecule has 0 unspecified atom stereocenters. The number of aryl methyl sites for hydroxylation is 2. The van der Waals surface area contributed by atoms with Gasteiger partial charge in [-0.05, 0) is 31.5 Å². The number of nitrogens with zero attached hydrogens (tertiary/aromatic N) is 2. The van der Waals surface area contributed by atoms with E-state index < -0.39 is 0 Å². The fourth-order valence-electron chi connectivity index (χ4n) is 2.29. The molecule has 2 aromatic rings. The van der Waals surface area contributed by atoms with Crippen LogP contribution in [0.3, 0.4) is 0 Å². The average molecular weight is 283 g/mol. The van der Waals surface area contributed by atoms with Crippen LogP contribution in [0.5, 0.6) is 0 Å². The van der Waals surface area contributed by atoms with Gasteiger partial charge in [0.2, 0.25) is 0 Å². The van der Waals surface area contributed by atoms with Crippen LogP contribution in [-0.4, -0.2) is 28.9 Å². The number of hydrogen-bond acceptors (Lipinski definition) is 3. The lowest BCUT2D eigenvalue weighted by Gasteiger charge is -2.23. The second kappa shape index (κ2) is 6.99. The molecule has 2 rings (SSSR count). The molecule has 0 bridgehead atoms. The standard InChI is InChI=1S/C17H21N3O/c1-13-8-9-16(14(2)19-13)17(21)20(11-10-18)12-15-6-4-3-5-7-15/h3-9H,10-12,18H2,1-2H3. The molecular weight excluding hydrogens is 262 g/mol. The second-order valence-electron chi connectivity index (χ2n) is 5.09. The average Bonchev–Trinajstić information content (AvgIpc) is 2.47. The number of aromatic nitrogens is 1. The maximum absolute atomic E-state index is 12.7. The number of pyridine rings is 1. The fraction of sp³-hybridized carbons (Fsp3) is 0.294. The van der Waals surface area contributed by atoms with Gasteiger partial charge in [0.1, 0.15) is 0 Å². The Labute approximate surface area is 125 Å². The fourth-order valence-corrected chi connectivity index (χ4v) is 2.29. The van der Waals surface area contributed by atoms with Gasteiger partial charge >= 0.3 is 0 Å². The van der Waals surface area contributed by atoms with Crippen LogP contribution in [0, 0.1) is 13.8 Å². The third-order valence-corrected chi connectivity index (χ3v) is 3.36. The molecule has 0 radical (unpaired) electrons. The van der Waals surface area contributed by atoms with Crippen molar-refractivity contribution in [1.82, 2.24) is 9.88 Å². The van der Waals surface area contributed by atoms with E-state index in [2.05, 4.69) is 4.98 Å². The maximum atomic E-state index is 12.7. The van der Waals surface area contributed by atoms with E-state index in [1.807, 2.05) is 56.3 Å². The Hall–Kier alpha value is -2.20. The highest BCUT2D eigenvalue weighted by molar-refractivity contribution is 5.95. The highest BCUT2D eigenvalue weighted by atomic mass is 16.2. The predicted molar refractivity (Wildman–Crippen MR) is 83.9 cm³/mol. The van der Waals surface area contributed by atoms with E-state index >= 15 is 0 Å². The van der Waals surface area contributed by atoms with Gasteiger partial charge in [0, 0.05) is 25.3 Å². The minimum Gasteiger partial charge on any atom is -0.333 e. The van der Waals surface area contributed by atoms with Gasteiger partial charge in [-0.2, -0.15) is 0 Å². The van der Waals surface area contributed by atoms with Crippen LogP contribution in [0.15, 0.2) is 42.5 Å². The highest BCUT2D eigenvalue weighted by Crippen LogP contribution is 2.13. The zero-order valence-corrected chi connectivity index (χ0v) is 12.5. The SMILES string of the molecule is Cc1ccc(C(=O)N(CCN)Cc2ccccc2)c(C)n1. The van der Waals surface area contributed by atoms with Crippen LogP contribution in [0.1, 0.15) is 27.3 Å². The Morgan fingerprint density at radius 1 is 1.14 bits per heavy atom. The number of hydrogen-bond donors (Lipinski definition) is 1. The molecule has 1 aromatic heterocycles. The largest absolute Gasteiger partial charge is 0.333 e. The van der Waals surface area contributed by atoms with Gasteiger partial charge in [-0.3, -0.25) is 9.78 Å². The van der Waals surface area contributed by atoms with Gasteiger partial charge in [0.25, 0.3) is 5.91 Å². The summed E-state index contributed by atoms with van der Waals surface area (Å²) in [4.78, 5) is 18.8. The summed E-state index contributed by atoms with van der Waals surface area (Å²) in [6, 6.07) is 13.6. The molecule has 1 aromatic carbocycles. The molecule has 1 heterocycles. The quantitative estimate of drug-likeness (QED) is 0.916. The molecule has 0 aliphatic heterocycles. The third kappa shape index (κ3) is 3.89. The van der Waals surface area contributed by atoms with E-state index in [0.29, 0.717) is 25.2 Å². The van der Waals surface area contributed by atoms with Crippen molar-refractivity contribution in [1.29, 1.82) is 0 Å². The number of benzene rings is 1. The number of nitrogens with two attached hydrogens (primary N) is 1. The lowest BCUT2D eigenvalue weighted by molar-refractivity contribution is 0.0747. The van der Waals surface area contributed by atoms with Crippen LogP contribution in [0.25, 0.3) is 0 Å². The maximum Gasteiger partial charge on any atom is 0.256 e. The van der Waals surface area contributed by atoms with Crippen LogP contribution in [0.4, 0.5) is 0 Å². The predicted octanol–water partition coefficient (Wildman–Crippen LogP) is 2.30. The van der Waals surface area contributed by atoms with Crippen molar-refractivity contribution < 1.29 is 4.79 Å². The van der Waals surface area contributed by atoms with Crippen LogP contribution < -0.4 is 5.73 Å². The van der Waals surface area contributed by atoms with Crippen molar-refractivity contribution in [2.24, 2.45) is 5.73 Å². The summed E-state index contributed by atoms with van der Waals surface area (Å²) in [5.41, 5.74) is 9.06. The lowest BCUT2D eigenvalue weighted by atomic mass is 10.1. The van der Waals surface area contributed by atoms with E-state index in [4.69, 9.17) is 5.73 Å². The van der Waals surface area contributed by atoms with E-state index in [1.54, 1.807) is 4.90 Å². The van der Waals surface area contributed by atoms with Crippen molar-refractivity contribution in [3.63, 3.8) is 0 Å². The van der Waals surface area contributed by atoms with E-state index in [-0.39, 0.29) is 5.91 Å². The number of amides is 1. The monoisotopic (exact) mass is 283 g/mol. The summed E-state index contributed by atoms with van der Waals surface area (Å²) in [5, 5.41) is 0. The molecular formula is C17H21N3O. The van der Waals surface area contributed by atoms with Crippen molar-refractivity contribution in [2.45, 2.75) is 20.4 Å². The summed E-state index contributed by atoms with van der Waals surface area (Å²) in [6.07, 6.45) is 0. The Morgan fingerprint density at radius 2 is 1.86 bits per heavy atom. The molecule has 0 aliphatic rings. The first-order chi connectivity index (χ1) is 10.1. The van der Waals surface area contributed by atoms with Gasteiger partial charge in [0.05, 0.1) is 11.3 Å². The van der Waals surface area contributed by atoms with Crippen LogP contribution in [-0.2, 0) is 6.54 Å². The van der Waals surface area contributed by atoms with Crippen molar-refractivity contribution in [2.75, 3.05) is 13.1 Å². The highest BCUT2D eigenvalue weighted by Gasteiger charge is 2.18. The van der Waals surface area contributed by atoms with Crippen LogP contribution >= 0.6 is 0 Å². The first-order valence-electron chi connectivity index (χ1n) is 7.09. The summed E-state index contributed by atoms with van der Waals surface area (Å²) >= 11 is 0. The molecule has 0 saturated heterocycles. The van der Waals surface area contributed by atoms with E-state index in [9.17, 15) is 4.79 Å². The van der Waals surface area contributed by atoms with E-state index in [0.717, 1.165) is 17.0 Å². The minimum atomic E-state index is -0.0192. The van der Waals surface area contributed by atoms with Crippen molar-refractivity contribution in [3.8, 4) is 0 Å². The lowest BCUT2D eigenvalue weighted by Crippen LogP contribution is -2.35. The van der Waals surface area contributed by atoms with Gasteiger partial charge in [-0.1, -0.05) is 30.3 Å². The smallest absolute Gasteiger partial charge is 0.256 e. The molecule has 21 heavy (non-hydrogen) atoms. The first kappa shape index (κ1) is 15.2. The minimum absolute atomic E-state index is 0.0192. The Kier molecular flexibility index (Phi) is 5.06. The molecule has 4 heteroatoms. The zero-order valence-electron chi connectivity index (χ0n) is 12.5. The first-order valence-corrected chi connectivity index (χ1v) is 7.09. The van der Waals surface area contributed by atoms with Gasteiger partial charge < -0.3 is 10.6 Å². The number of rotatable bonds is 5. The molecule has 1 amide bonds. The molecule has 4 nitrogen and oxygen atoms in total. The van der Waals surface area contributed by atoms with Gasteiger partial charge in [0.15, 0.2) is 0 Å². The van der Waals surface area contributed by atoms with Gasteiger partial charge in [-0.15, -0.1) is 0 Å². The summed E-state index contributed by atoms with van der Waals surface area (Å²) in [6.45, 7) is 5.31. The second-order valence-corrected chi connectivity index (χ2v) is 5.09. The molecule has 0 fully saturated rings. The number of carbonyl (C=O) groups excluding carboxylic acids is 1. The molecule has 2 N–H and O–H groups in total. The molecule has 110 valence electrons. The van der Waals surface area contributed by atoms with Gasteiger partial charge in [-0.25, -0.2) is 0 Å². The normalized spacial score (nSPS) is 10.4. The Bertz CT molecular complexity index is 611. The molecule has 0 spiro atoms. The number of carbonyl (C=O) groups is 1. The Morgan fingerprint density at radius 3 is 2.48 bits per heavy atom. The van der Waals surface area contributed by atoms with Crippen molar-refractivity contribution >= 4 is 5.91 Å². The van der Waals surface area contributed by atoms with Crippen molar-refractivity contribution in [3.05, 3.63) is 65.0 Å². The summed E-state index contributed by atoms with van der Waals surface area (Å²) in [5.74, 6) is -0.0192. The molecule has 0 atom stereocenters. The topological polar surface area (TPSA) is 59.2 Å². The molecule has 0 aliphatic carbocycles.